The third-order valence-corrected chi connectivity index (χ3v) is 3.84. The number of nitrogens with zero attached hydrogens (tertiary/aromatic N) is 2. The quantitative estimate of drug-likeness (QED) is 0.546. The van der Waals surface area contributed by atoms with Gasteiger partial charge in [0, 0.05) is 18.6 Å². The average Bonchev–Trinajstić information content (AvgIpc) is 2.15. The monoisotopic (exact) mass is 182 g/mol. The van der Waals surface area contributed by atoms with Gasteiger partial charge in [-0.15, -0.1) is 0 Å². The van der Waals surface area contributed by atoms with Crippen molar-refractivity contribution in [3.8, 4) is 0 Å². The number of rotatable bonds is 0. The molecule has 0 aromatic rings. The van der Waals surface area contributed by atoms with Gasteiger partial charge >= 0.3 is 0 Å². The van der Waals surface area contributed by atoms with Crippen molar-refractivity contribution < 1.29 is 4.79 Å². The summed E-state index contributed by atoms with van der Waals surface area (Å²) in [6.07, 6.45) is 1.12. The molecule has 2 rings (SSSR count). The van der Waals surface area contributed by atoms with Gasteiger partial charge < -0.3 is 4.90 Å². The number of carbonyl (C=O) groups is 1. The highest BCUT2D eigenvalue weighted by molar-refractivity contribution is 5.80. The highest BCUT2D eigenvalue weighted by atomic mass is 16.2. The van der Waals surface area contributed by atoms with Crippen molar-refractivity contribution in [2.24, 2.45) is 5.92 Å². The molecule has 2 aliphatic heterocycles. The predicted molar refractivity (Wildman–Crippen MR) is 51.4 cm³/mol. The lowest BCUT2D eigenvalue weighted by atomic mass is 9.74. The minimum atomic E-state index is 0.155. The lowest BCUT2D eigenvalue weighted by Gasteiger charge is -2.55. The molecule has 0 spiro atoms. The number of fused-ring (bicyclic) bond motifs is 1. The summed E-state index contributed by atoms with van der Waals surface area (Å²) >= 11 is 0. The minimum Gasteiger partial charge on any atom is -0.335 e. The van der Waals surface area contributed by atoms with Crippen LogP contribution in [0.2, 0.25) is 0 Å². The molecule has 0 bridgehead atoms. The van der Waals surface area contributed by atoms with E-state index < -0.39 is 0 Å². The summed E-state index contributed by atoms with van der Waals surface area (Å²) in [4.78, 5) is 15.9. The molecule has 2 fully saturated rings. The second-order valence-corrected chi connectivity index (χ2v) is 4.75. The Balaban J connectivity index is 2.19. The molecule has 2 unspecified atom stereocenters. The largest absolute Gasteiger partial charge is 0.335 e. The first-order valence-corrected chi connectivity index (χ1v) is 5.03. The summed E-state index contributed by atoms with van der Waals surface area (Å²) in [6, 6.07) is 0. The van der Waals surface area contributed by atoms with Crippen molar-refractivity contribution in [3.05, 3.63) is 0 Å². The van der Waals surface area contributed by atoms with Crippen LogP contribution in [-0.2, 0) is 4.79 Å². The maximum Gasteiger partial charge on any atom is 0.237 e. The summed E-state index contributed by atoms with van der Waals surface area (Å²) in [7, 11) is 2.03. The fourth-order valence-electron chi connectivity index (χ4n) is 2.41. The smallest absolute Gasteiger partial charge is 0.237 e. The molecule has 0 aromatic carbocycles. The van der Waals surface area contributed by atoms with Crippen molar-refractivity contribution >= 4 is 5.91 Å². The Kier molecular flexibility index (Phi) is 1.88. The number of hydrogen-bond donors (Lipinski definition) is 0. The summed E-state index contributed by atoms with van der Waals surface area (Å²) < 4.78 is 0. The molecule has 13 heavy (non-hydrogen) atoms. The molecule has 74 valence electrons. The standard InChI is InChI=1S/C10H18N2O/c1-8-6-12-9(13)7-11(3)5-4-10(8,12)2/h8H,4-7H2,1-3H3. The van der Waals surface area contributed by atoms with Gasteiger partial charge in [0.1, 0.15) is 0 Å². The molecule has 0 aromatic heterocycles. The summed E-state index contributed by atoms with van der Waals surface area (Å²) in [5.74, 6) is 0.976. The Morgan fingerprint density at radius 1 is 1.54 bits per heavy atom. The first-order valence-electron chi connectivity index (χ1n) is 5.03. The van der Waals surface area contributed by atoms with Crippen LogP contribution >= 0.6 is 0 Å². The maximum absolute atomic E-state index is 11.7. The van der Waals surface area contributed by atoms with Crippen LogP contribution in [0.3, 0.4) is 0 Å². The molecule has 0 radical (unpaired) electrons. The van der Waals surface area contributed by atoms with E-state index in [4.69, 9.17) is 0 Å². The van der Waals surface area contributed by atoms with E-state index in [0.717, 1.165) is 19.5 Å². The van der Waals surface area contributed by atoms with Crippen LogP contribution in [0.1, 0.15) is 20.3 Å². The van der Waals surface area contributed by atoms with Crippen molar-refractivity contribution in [2.75, 3.05) is 26.7 Å². The zero-order chi connectivity index (χ0) is 9.64. The molecule has 0 N–H and O–H groups in total. The zero-order valence-corrected chi connectivity index (χ0v) is 8.71. The lowest BCUT2D eigenvalue weighted by molar-refractivity contribution is -0.151. The van der Waals surface area contributed by atoms with Gasteiger partial charge in [-0.3, -0.25) is 9.69 Å². The molecule has 2 saturated heterocycles. The van der Waals surface area contributed by atoms with Gasteiger partial charge in [-0.25, -0.2) is 0 Å². The SMILES string of the molecule is CC1CN2C(=O)CN(C)CCC12C. The van der Waals surface area contributed by atoms with Crippen LogP contribution in [0.4, 0.5) is 0 Å². The number of carbonyl (C=O) groups excluding carboxylic acids is 1. The molecule has 0 saturated carbocycles. The third kappa shape index (κ3) is 1.17. The zero-order valence-electron chi connectivity index (χ0n) is 8.71. The molecule has 3 heteroatoms. The Morgan fingerprint density at radius 3 is 2.85 bits per heavy atom. The number of likely N-dealkylation sites (N-methyl/N-ethyl adjacent to an activating group) is 1. The predicted octanol–water partition coefficient (Wildman–Crippen LogP) is 0.559. The van der Waals surface area contributed by atoms with Crippen LogP contribution in [0.25, 0.3) is 0 Å². The van der Waals surface area contributed by atoms with Crippen LogP contribution < -0.4 is 0 Å². The van der Waals surface area contributed by atoms with E-state index in [-0.39, 0.29) is 5.54 Å². The van der Waals surface area contributed by atoms with E-state index in [2.05, 4.69) is 23.6 Å². The Morgan fingerprint density at radius 2 is 2.23 bits per heavy atom. The summed E-state index contributed by atoms with van der Waals surface area (Å²) in [6.45, 7) is 7.07. The second kappa shape index (κ2) is 2.71. The molecule has 2 heterocycles. The van der Waals surface area contributed by atoms with Crippen molar-refractivity contribution in [1.82, 2.24) is 9.80 Å². The molecule has 1 amide bonds. The molecule has 0 aliphatic carbocycles. The molecule has 2 atom stereocenters. The van der Waals surface area contributed by atoms with Gasteiger partial charge in [-0.05, 0) is 26.3 Å². The third-order valence-electron chi connectivity index (χ3n) is 3.84. The normalized spacial score (nSPS) is 41.0. The Bertz CT molecular complexity index is 241. The van der Waals surface area contributed by atoms with E-state index in [1.54, 1.807) is 0 Å². The average molecular weight is 182 g/mol. The van der Waals surface area contributed by atoms with Gasteiger partial charge in [0.2, 0.25) is 5.91 Å². The van der Waals surface area contributed by atoms with Crippen molar-refractivity contribution in [1.29, 1.82) is 0 Å². The lowest BCUT2D eigenvalue weighted by Crippen LogP contribution is -2.66. The highest BCUT2D eigenvalue weighted by Crippen LogP contribution is 2.40. The topological polar surface area (TPSA) is 23.6 Å². The summed E-state index contributed by atoms with van der Waals surface area (Å²) in [5, 5.41) is 0. The maximum atomic E-state index is 11.7. The van der Waals surface area contributed by atoms with Crippen LogP contribution in [0.15, 0.2) is 0 Å². The molecular formula is C10H18N2O. The summed E-state index contributed by atoms with van der Waals surface area (Å²) in [5.41, 5.74) is 0.155. The number of amides is 1. The second-order valence-electron chi connectivity index (χ2n) is 4.75. The molecule has 3 nitrogen and oxygen atoms in total. The molecule has 2 aliphatic rings. The van der Waals surface area contributed by atoms with Crippen molar-refractivity contribution in [2.45, 2.75) is 25.8 Å². The first-order chi connectivity index (χ1) is 6.04. The van der Waals surface area contributed by atoms with Crippen LogP contribution in [0, 0.1) is 5.92 Å². The van der Waals surface area contributed by atoms with Crippen molar-refractivity contribution in [3.63, 3.8) is 0 Å². The van der Waals surface area contributed by atoms with E-state index in [1.165, 1.54) is 0 Å². The van der Waals surface area contributed by atoms with E-state index in [0.29, 0.717) is 18.4 Å². The van der Waals surface area contributed by atoms with E-state index in [9.17, 15) is 4.79 Å². The fourth-order valence-corrected chi connectivity index (χ4v) is 2.41. The molecular weight excluding hydrogens is 164 g/mol. The van der Waals surface area contributed by atoms with Crippen LogP contribution in [0.5, 0.6) is 0 Å². The van der Waals surface area contributed by atoms with E-state index in [1.807, 2.05) is 7.05 Å². The highest BCUT2D eigenvalue weighted by Gasteiger charge is 2.50. The van der Waals surface area contributed by atoms with Gasteiger partial charge in [-0.1, -0.05) is 6.92 Å². The van der Waals surface area contributed by atoms with Gasteiger partial charge in [0.05, 0.1) is 6.54 Å². The van der Waals surface area contributed by atoms with Gasteiger partial charge in [0.15, 0.2) is 0 Å². The first kappa shape index (κ1) is 9.00. The minimum absolute atomic E-state index is 0.155. The Labute approximate surface area is 79.7 Å². The number of hydrogen-bond acceptors (Lipinski definition) is 2. The Hall–Kier alpha value is -0.570. The van der Waals surface area contributed by atoms with Gasteiger partial charge in [-0.2, -0.15) is 0 Å². The van der Waals surface area contributed by atoms with Gasteiger partial charge in [0.25, 0.3) is 0 Å². The van der Waals surface area contributed by atoms with Crippen LogP contribution in [-0.4, -0.2) is 47.9 Å². The fraction of sp³-hybridized carbons (Fsp3) is 0.900. The van der Waals surface area contributed by atoms with E-state index >= 15 is 0 Å².